The van der Waals surface area contributed by atoms with Gasteiger partial charge in [0.25, 0.3) is 0 Å². The van der Waals surface area contributed by atoms with Gasteiger partial charge in [-0.1, -0.05) is 179 Å². The van der Waals surface area contributed by atoms with E-state index in [4.69, 9.17) is 24.3 Å². The number of esters is 2. The highest BCUT2D eigenvalue weighted by atomic mass is 31.2. The summed E-state index contributed by atoms with van der Waals surface area (Å²) >= 11 is 0. The summed E-state index contributed by atoms with van der Waals surface area (Å²) in [5.41, 5.74) is 5.36. The van der Waals surface area contributed by atoms with Gasteiger partial charge in [0.2, 0.25) is 0 Å². The van der Waals surface area contributed by atoms with Crippen molar-refractivity contribution in [3.8, 4) is 0 Å². The van der Waals surface area contributed by atoms with E-state index >= 15 is 0 Å². The van der Waals surface area contributed by atoms with Crippen LogP contribution in [-0.4, -0.2) is 49.3 Å². The van der Waals surface area contributed by atoms with Crippen molar-refractivity contribution in [1.29, 1.82) is 0 Å². The Bertz CT molecular complexity index is 990. The minimum atomic E-state index is -4.38. The molecule has 0 saturated carbocycles. The van der Waals surface area contributed by atoms with Gasteiger partial charge in [-0.2, -0.15) is 0 Å². The van der Waals surface area contributed by atoms with E-state index in [1.165, 1.54) is 148 Å². The normalized spacial score (nSPS) is 13.4. The van der Waals surface area contributed by atoms with Crippen LogP contribution in [0.15, 0.2) is 24.3 Å². The maximum absolute atomic E-state index is 12.6. The van der Waals surface area contributed by atoms with Gasteiger partial charge in [0, 0.05) is 19.4 Å². The summed E-state index contributed by atoms with van der Waals surface area (Å²) in [4.78, 5) is 34.9. The molecule has 2 atom stereocenters. The Morgan fingerprint density at radius 1 is 0.509 bits per heavy atom. The Morgan fingerprint density at radius 3 is 1.26 bits per heavy atom. The average molecular weight is 828 g/mol. The molecule has 0 aromatic heterocycles. The van der Waals surface area contributed by atoms with E-state index in [1.807, 2.05) is 0 Å². The minimum Gasteiger partial charge on any atom is -0.462 e. The van der Waals surface area contributed by atoms with Crippen LogP contribution in [-0.2, 0) is 32.7 Å². The second kappa shape index (κ2) is 44.1. The van der Waals surface area contributed by atoms with Crippen LogP contribution in [0.4, 0.5) is 0 Å². The van der Waals surface area contributed by atoms with Crippen molar-refractivity contribution in [2.75, 3.05) is 26.4 Å². The number of rotatable bonds is 45. The zero-order chi connectivity index (χ0) is 41.8. The molecule has 9 nitrogen and oxygen atoms in total. The SMILES string of the molecule is CCCCCC/C=C\CCCCCCCCCC(=O)OC[C@H](COP(=O)(O)OCCN)OC(=O)CCCCCCCCCCCCC/C=C\CCCCCCCC. The number of hydrogen-bond donors (Lipinski definition) is 2. The molecule has 0 aliphatic heterocycles. The molecule has 0 spiro atoms. The summed E-state index contributed by atoms with van der Waals surface area (Å²) < 4.78 is 32.9. The largest absolute Gasteiger partial charge is 0.472 e. The van der Waals surface area contributed by atoms with Crippen LogP contribution in [0.1, 0.15) is 232 Å². The Hall–Kier alpha value is -1.51. The average Bonchev–Trinajstić information content (AvgIpc) is 3.20. The quantitative estimate of drug-likeness (QED) is 0.0266. The summed E-state index contributed by atoms with van der Waals surface area (Å²) in [5.74, 6) is -0.826. The molecular weight excluding hydrogens is 737 g/mol. The number of nitrogens with two attached hydrogens (primary N) is 1. The first-order chi connectivity index (χ1) is 27.8. The first kappa shape index (κ1) is 55.5. The second-order valence-electron chi connectivity index (χ2n) is 16.0. The lowest BCUT2D eigenvalue weighted by Crippen LogP contribution is -2.29. The van der Waals surface area contributed by atoms with Crippen LogP contribution in [0.3, 0.4) is 0 Å². The number of phosphoric acid groups is 1. The summed E-state index contributed by atoms with van der Waals surface area (Å²) in [6, 6.07) is 0. The fourth-order valence-corrected chi connectivity index (χ4v) is 7.51. The number of unbranched alkanes of at least 4 members (excludes halogenated alkanes) is 28. The van der Waals surface area contributed by atoms with Crippen LogP contribution < -0.4 is 5.73 Å². The molecular formula is C47H90NO8P. The molecule has 10 heteroatoms. The third kappa shape index (κ3) is 43.9. The fraction of sp³-hybridized carbons (Fsp3) is 0.872. The molecule has 3 N–H and O–H groups in total. The van der Waals surface area contributed by atoms with Crippen molar-refractivity contribution in [2.45, 2.75) is 238 Å². The maximum Gasteiger partial charge on any atom is 0.472 e. The highest BCUT2D eigenvalue weighted by Gasteiger charge is 2.26. The smallest absolute Gasteiger partial charge is 0.462 e. The first-order valence-electron chi connectivity index (χ1n) is 23.8. The molecule has 0 heterocycles. The van der Waals surface area contributed by atoms with Crippen LogP contribution in [0.2, 0.25) is 0 Å². The van der Waals surface area contributed by atoms with Crippen LogP contribution >= 0.6 is 7.82 Å². The molecule has 0 radical (unpaired) electrons. The van der Waals surface area contributed by atoms with Gasteiger partial charge >= 0.3 is 19.8 Å². The first-order valence-corrected chi connectivity index (χ1v) is 25.3. The Morgan fingerprint density at radius 2 is 0.860 bits per heavy atom. The fourth-order valence-electron chi connectivity index (χ4n) is 6.74. The number of ether oxygens (including phenoxy) is 2. The number of allylic oxidation sites excluding steroid dienone is 4. The topological polar surface area (TPSA) is 134 Å². The highest BCUT2D eigenvalue weighted by molar-refractivity contribution is 7.47. The van der Waals surface area contributed by atoms with Gasteiger partial charge in [-0.25, -0.2) is 4.57 Å². The van der Waals surface area contributed by atoms with Crippen LogP contribution in [0.5, 0.6) is 0 Å². The predicted molar refractivity (Wildman–Crippen MR) is 238 cm³/mol. The van der Waals surface area contributed by atoms with Gasteiger partial charge < -0.3 is 20.1 Å². The van der Waals surface area contributed by atoms with Gasteiger partial charge in [0.15, 0.2) is 6.10 Å². The highest BCUT2D eigenvalue weighted by Crippen LogP contribution is 2.43. The zero-order valence-corrected chi connectivity index (χ0v) is 38.0. The molecule has 0 aromatic carbocycles. The van der Waals surface area contributed by atoms with Crippen LogP contribution in [0.25, 0.3) is 0 Å². The minimum absolute atomic E-state index is 0.0541. The van der Waals surface area contributed by atoms with Gasteiger partial charge in [-0.15, -0.1) is 0 Å². The van der Waals surface area contributed by atoms with Gasteiger partial charge in [0.1, 0.15) is 6.61 Å². The standard InChI is InChI=1S/C47H90NO8P/c1-3-5-7-9-11-13-15-17-19-20-21-22-23-24-26-28-30-32-34-36-38-40-47(50)56-45(44-55-57(51,52)54-42-41-48)43-53-46(49)39-37-35-33-31-29-27-25-18-16-14-12-10-8-6-4-2/h14,16-17,19,45H,3-13,15,18,20-44,48H2,1-2H3,(H,51,52)/b16-14-,19-17-/t45-/m1/s1. The number of carbonyl (C=O) groups is 2. The van der Waals surface area contributed by atoms with E-state index in [2.05, 4.69) is 38.2 Å². The molecule has 0 bridgehead atoms. The molecule has 0 aliphatic rings. The van der Waals surface area contributed by atoms with Gasteiger partial charge in [0.05, 0.1) is 13.2 Å². The lowest BCUT2D eigenvalue weighted by Gasteiger charge is -2.19. The Labute approximate surface area is 351 Å². The monoisotopic (exact) mass is 828 g/mol. The van der Waals surface area contributed by atoms with Gasteiger partial charge in [-0.3, -0.25) is 18.6 Å². The maximum atomic E-state index is 12.6. The molecule has 0 fully saturated rings. The molecule has 0 amide bonds. The van der Waals surface area contributed by atoms with E-state index in [-0.39, 0.29) is 38.6 Å². The number of phosphoric ester groups is 1. The van der Waals surface area contributed by atoms with Crippen molar-refractivity contribution in [3.63, 3.8) is 0 Å². The molecule has 0 saturated heterocycles. The third-order valence-corrected chi connectivity index (χ3v) is 11.3. The number of carbonyl (C=O) groups excluding carboxylic acids is 2. The van der Waals surface area contributed by atoms with Crippen molar-refractivity contribution < 1.29 is 37.6 Å². The van der Waals surface area contributed by atoms with Crippen molar-refractivity contribution in [3.05, 3.63) is 24.3 Å². The lowest BCUT2D eigenvalue weighted by atomic mass is 10.0. The summed E-state index contributed by atoms with van der Waals surface area (Å²) in [6.45, 7) is 3.74. The molecule has 0 rings (SSSR count). The van der Waals surface area contributed by atoms with Gasteiger partial charge in [-0.05, 0) is 64.2 Å². The Balaban J connectivity index is 4.06. The van der Waals surface area contributed by atoms with Crippen molar-refractivity contribution in [2.24, 2.45) is 5.73 Å². The summed E-state index contributed by atoms with van der Waals surface area (Å²) in [6.07, 6.45) is 47.8. The second-order valence-corrected chi connectivity index (χ2v) is 17.4. The third-order valence-electron chi connectivity index (χ3n) is 10.3. The number of hydrogen-bond acceptors (Lipinski definition) is 8. The molecule has 1 unspecified atom stereocenters. The van der Waals surface area contributed by atoms with Crippen LogP contribution in [0, 0.1) is 0 Å². The lowest BCUT2D eigenvalue weighted by molar-refractivity contribution is -0.161. The van der Waals surface area contributed by atoms with E-state index in [0.29, 0.717) is 6.42 Å². The zero-order valence-electron chi connectivity index (χ0n) is 37.1. The van der Waals surface area contributed by atoms with E-state index in [0.717, 1.165) is 51.4 Å². The van der Waals surface area contributed by atoms with E-state index < -0.39 is 26.5 Å². The van der Waals surface area contributed by atoms with Crippen molar-refractivity contribution in [1.82, 2.24) is 0 Å². The summed E-state index contributed by atoms with van der Waals surface area (Å²) in [7, 11) is -4.38. The van der Waals surface area contributed by atoms with Crippen molar-refractivity contribution >= 4 is 19.8 Å². The molecule has 0 aliphatic carbocycles. The van der Waals surface area contributed by atoms with E-state index in [1.54, 1.807) is 0 Å². The van der Waals surface area contributed by atoms with E-state index in [9.17, 15) is 19.0 Å². The predicted octanol–water partition coefficient (Wildman–Crippen LogP) is 13.9. The summed E-state index contributed by atoms with van der Waals surface area (Å²) in [5, 5.41) is 0. The molecule has 0 aromatic rings. The molecule has 336 valence electrons. The Kier molecular flexibility index (Phi) is 42.9. The molecule has 57 heavy (non-hydrogen) atoms.